The number of nitrogens with one attached hydrogen (secondary N) is 1. The molecule has 0 aliphatic heterocycles. The van der Waals surface area contributed by atoms with Crippen molar-refractivity contribution in [3.05, 3.63) is 81.9 Å². The van der Waals surface area contributed by atoms with Crippen LogP contribution < -0.4 is 5.32 Å². The van der Waals surface area contributed by atoms with Gasteiger partial charge in [-0.3, -0.25) is 4.79 Å². The lowest BCUT2D eigenvalue weighted by Gasteiger charge is -2.12. The Morgan fingerprint density at radius 3 is 2.88 bits per heavy atom. The molecule has 4 nitrogen and oxygen atoms in total. The van der Waals surface area contributed by atoms with Crippen molar-refractivity contribution in [2.45, 2.75) is 20.0 Å². The molecule has 3 aromatic heterocycles. The van der Waals surface area contributed by atoms with Crippen molar-refractivity contribution in [2.75, 3.05) is 0 Å². The second-order valence-electron chi connectivity index (χ2n) is 5.97. The molecule has 0 atom stereocenters. The molecule has 4 rings (SSSR count). The third kappa shape index (κ3) is 3.10. The van der Waals surface area contributed by atoms with E-state index in [-0.39, 0.29) is 5.91 Å². The Bertz CT molecular complexity index is 1010. The Balaban J connectivity index is 1.65. The summed E-state index contributed by atoms with van der Waals surface area (Å²) in [5, 5.41) is 5.01. The van der Waals surface area contributed by atoms with E-state index in [1.807, 2.05) is 46.3 Å². The van der Waals surface area contributed by atoms with E-state index in [2.05, 4.69) is 24.4 Å². The molecular formula is C20H18N2O2S. The van der Waals surface area contributed by atoms with Crippen molar-refractivity contribution >= 4 is 28.3 Å². The van der Waals surface area contributed by atoms with Crippen LogP contribution in [0.4, 0.5) is 0 Å². The number of nitrogens with zero attached hydrogens (tertiary/aromatic N) is 1. The van der Waals surface area contributed by atoms with Crippen LogP contribution in [0.3, 0.4) is 0 Å². The summed E-state index contributed by atoms with van der Waals surface area (Å²) in [6.45, 7) is 3.26. The third-order valence-corrected chi connectivity index (χ3v) is 5.22. The number of carbonyl (C=O) groups is 1. The Kier molecular flexibility index (Phi) is 4.15. The molecule has 0 bridgehead atoms. The molecule has 126 valence electrons. The first kappa shape index (κ1) is 15.7. The summed E-state index contributed by atoms with van der Waals surface area (Å²) in [6.07, 6.45) is 1.66. The molecule has 1 N–H and O–H groups in total. The number of benzene rings is 1. The molecule has 25 heavy (non-hydrogen) atoms. The van der Waals surface area contributed by atoms with Gasteiger partial charge < -0.3 is 14.3 Å². The monoisotopic (exact) mass is 350 g/mol. The minimum absolute atomic E-state index is 0.0895. The van der Waals surface area contributed by atoms with Crippen molar-refractivity contribution in [3.8, 4) is 0 Å². The smallest absolute Gasteiger partial charge is 0.268 e. The predicted octanol–water partition coefficient (Wildman–Crippen LogP) is 4.58. The van der Waals surface area contributed by atoms with Crippen LogP contribution in [-0.4, -0.2) is 10.5 Å². The van der Waals surface area contributed by atoms with E-state index >= 15 is 0 Å². The molecular weight excluding hydrogens is 332 g/mol. The van der Waals surface area contributed by atoms with Gasteiger partial charge in [0.15, 0.2) is 5.58 Å². The molecule has 0 unspecified atom stereocenters. The van der Waals surface area contributed by atoms with E-state index < -0.39 is 0 Å². The van der Waals surface area contributed by atoms with E-state index in [0.29, 0.717) is 18.8 Å². The average Bonchev–Trinajstić information content (AvgIpc) is 3.33. The molecule has 3 heterocycles. The van der Waals surface area contributed by atoms with Crippen molar-refractivity contribution in [3.63, 3.8) is 0 Å². The number of carbonyl (C=O) groups excluding carboxylic acids is 1. The van der Waals surface area contributed by atoms with Crippen LogP contribution in [0.25, 0.3) is 11.1 Å². The summed E-state index contributed by atoms with van der Waals surface area (Å²) in [7, 11) is 0. The number of hydrogen-bond donors (Lipinski definition) is 1. The number of rotatable bonds is 5. The van der Waals surface area contributed by atoms with Gasteiger partial charge in [-0.25, -0.2) is 0 Å². The van der Waals surface area contributed by atoms with Gasteiger partial charge in [-0.2, -0.15) is 0 Å². The van der Waals surface area contributed by atoms with E-state index in [1.165, 1.54) is 11.1 Å². The minimum Gasteiger partial charge on any atom is -0.463 e. The molecule has 0 fully saturated rings. The Morgan fingerprint density at radius 1 is 1.20 bits per heavy atom. The van der Waals surface area contributed by atoms with Crippen LogP contribution in [0.1, 0.15) is 26.5 Å². The van der Waals surface area contributed by atoms with Gasteiger partial charge >= 0.3 is 0 Å². The number of furan rings is 1. The third-order valence-electron chi connectivity index (χ3n) is 4.35. The molecule has 0 saturated carbocycles. The summed E-state index contributed by atoms with van der Waals surface area (Å²) >= 11 is 1.64. The molecule has 5 heteroatoms. The first-order chi connectivity index (χ1) is 12.2. The highest BCUT2D eigenvalue weighted by molar-refractivity contribution is 7.09. The lowest BCUT2D eigenvalue weighted by atomic mass is 10.1. The highest BCUT2D eigenvalue weighted by Crippen LogP contribution is 2.23. The highest BCUT2D eigenvalue weighted by atomic mass is 32.1. The summed E-state index contributed by atoms with van der Waals surface area (Å²) in [5.74, 6) is -0.0895. The van der Waals surface area contributed by atoms with Crippen LogP contribution in [-0.2, 0) is 13.1 Å². The minimum atomic E-state index is -0.0895. The fourth-order valence-electron chi connectivity index (χ4n) is 2.96. The Morgan fingerprint density at radius 2 is 2.08 bits per heavy atom. The van der Waals surface area contributed by atoms with E-state index in [1.54, 1.807) is 17.6 Å². The van der Waals surface area contributed by atoms with Crippen molar-refractivity contribution < 1.29 is 9.21 Å². The van der Waals surface area contributed by atoms with E-state index in [0.717, 1.165) is 16.0 Å². The maximum absolute atomic E-state index is 12.7. The molecule has 0 radical (unpaired) electrons. The standard InChI is InChI=1S/C20H18N2O2S/c1-14-5-2-3-6-15(14)13-22-17-8-9-24-19(17)11-18(22)20(23)21-12-16-7-4-10-25-16/h2-11H,12-13H2,1H3,(H,21,23). The largest absolute Gasteiger partial charge is 0.463 e. The van der Waals surface area contributed by atoms with Gasteiger partial charge in [0, 0.05) is 23.6 Å². The zero-order valence-electron chi connectivity index (χ0n) is 13.9. The van der Waals surface area contributed by atoms with Crippen molar-refractivity contribution in [1.82, 2.24) is 9.88 Å². The fraction of sp³-hybridized carbons (Fsp3) is 0.150. The van der Waals surface area contributed by atoms with Gasteiger partial charge in [0.2, 0.25) is 0 Å². The van der Waals surface area contributed by atoms with Gasteiger partial charge in [-0.15, -0.1) is 11.3 Å². The quantitative estimate of drug-likeness (QED) is 0.572. The molecule has 0 spiro atoms. The summed E-state index contributed by atoms with van der Waals surface area (Å²) < 4.78 is 7.53. The summed E-state index contributed by atoms with van der Waals surface area (Å²) in [5.41, 5.74) is 4.68. The van der Waals surface area contributed by atoms with Gasteiger partial charge in [0.1, 0.15) is 5.69 Å². The topological polar surface area (TPSA) is 47.2 Å². The predicted molar refractivity (Wildman–Crippen MR) is 100.0 cm³/mol. The second kappa shape index (κ2) is 6.61. The number of aryl methyl sites for hydroxylation is 1. The van der Waals surface area contributed by atoms with Gasteiger partial charge in [0.05, 0.1) is 18.3 Å². The maximum atomic E-state index is 12.7. The van der Waals surface area contributed by atoms with Crippen molar-refractivity contribution in [1.29, 1.82) is 0 Å². The zero-order chi connectivity index (χ0) is 17.2. The maximum Gasteiger partial charge on any atom is 0.268 e. The number of amides is 1. The summed E-state index contributed by atoms with van der Waals surface area (Å²) in [4.78, 5) is 13.9. The number of thiophene rings is 1. The lowest BCUT2D eigenvalue weighted by molar-refractivity contribution is 0.0943. The first-order valence-corrected chi connectivity index (χ1v) is 9.02. The second-order valence-corrected chi connectivity index (χ2v) is 7.01. The molecule has 0 saturated heterocycles. The molecule has 0 aliphatic rings. The van der Waals surface area contributed by atoms with Gasteiger partial charge in [0.25, 0.3) is 5.91 Å². The molecule has 0 aliphatic carbocycles. The Hall–Kier alpha value is -2.79. The normalized spacial score (nSPS) is 11.1. The zero-order valence-corrected chi connectivity index (χ0v) is 14.7. The van der Waals surface area contributed by atoms with Crippen LogP contribution in [0.2, 0.25) is 0 Å². The first-order valence-electron chi connectivity index (χ1n) is 8.14. The van der Waals surface area contributed by atoms with Crippen LogP contribution in [0, 0.1) is 6.92 Å². The fourth-order valence-corrected chi connectivity index (χ4v) is 3.61. The number of aromatic nitrogens is 1. The molecule has 4 aromatic rings. The van der Waals surface area contributed by atoms with E-state index in [4.69, 9.17) is 4.42 Å². The SMILES string of the molecule is Cc1ccccc1Cn1c(C(=O)NCc2cccs2)cc2occc21. The van der Waals surface area contributed by atoms with E-state index in [9.17, 15) is 4.79 Å². The molecule has 1 aromatic carbocycles. The van der Waals surface area contributed by atoms with Crippen molar-refractivity contribution in [2.24, 2.45) is 0 Å². The van der Waals surface area contributed by atoms with Gasteiger partial charge in [-0.1, -0.05) is 30.3 Å². The average molecular weight is 350 g/mol. The number of fused-ring (bicyclic) bond motifs is 1. The van der Waals surface area contributed by atoms with Gasteiger partial charge in [-0.05, 0) is 29.5 Å². The summed E-state index contributed by atoms with van der Waals surface area (Å²) in [6, 6.07) is 16.0. The highest BCUT2D eigenvalue weighted by Gasteiger charge is 2.18. The lowest BCUT2D eigenvalue weighted by Crippen LogP contribution is -2.25. The van der Waals surface area contributed by atoms with Crippen LogP contribution in [0.5, 0.6) is 0 Å². The Labute approximate surface area is 149 Å². The number of hydrogen-bond acceptors (Lipinski definition) is 3. The molecule has 1 amide bonds. The van der Waals surface area contributed by atoms with Crippen LogP contribution >= 0.6 is 11.3 Å². The van der Waals surface area contributed by atoms with Crippen LogP contribution in [0.15, 0.2) is 64.6 Å².